The van der Waals surface area contributed by atoms with Gasteiger partial charge in [-0.15, -0.1) is 0 Å². The molecule has 3 aromatic carbocycles. The maximum atomic E-state index is 13.9. The Morgan fingerprint density at radius 2 is 1.51 bits per heavy atom. The fraction of sp³-hybridized carbons (Fsp3) is 0.200. The van der Waals surface area contributed by atoms with Gasteiger partial charge in [-0.05, 0) is 48.4 Å². The van der Waals surface area contributed by atoms with E-state index in [1.54, 1.807) is 4.57 Å². The average molecular weight is 490 g/mol. The molecule has 184 valence electrons. The van der Waals surface area contributed by atoms with Crippen LogP contribution in [-0.4, -0.2) is 19.7 Å². The first-order chi connectivity index (χ1) is 18.2. The minimum atomic E-state index is -0.346. The van der Waals surface area contributed by atoms with E-state index in [1.807, 2.05) is 91.0 Å². The van der Waals surface area contributed by atoms with Gasteiger partial charge in [-0.25, -0.2) is 4.98 Å². The van der Waals surface area contributed by atoms with Gasteiger partial charge in [-0.2, -0.15) is 4.98 Å². The molecule has 0 saturated heterocycles. The first-order valence-corrected chi connectivity index (χ1v) is 12.5. The number of nitrogens with two attached hydrogens (primary N) is 1. The van der Waals surface area contributed by atoms with E-state index in [2.05, 4.69) is 10.1 Å². The Labute approximate surface area is 214 Å². The van der Waals surface area contributed by atoms with Crippen LogP contribution in [0.15, 0.2) is 100 Å². The predicted octanol–water partition coefficient (Wildman–Crippen LogP) is 4.86. The summed E-state index contributed by atoms with van der Waals surface area (Å²) in [6.07, 6.45) is 2.82. The van der Waals surface area contributed by atoms with Gasteiger partial charge in [0, 0.05) is 17.5 Å². The lowest BCUT2D eigenvalue weighted by Crippen LogP contribution is -2.35. The lowest BCUT2D eigenvalue weighted by atomic mass is 9.85. The Hall–Kier alpha value is -4.52. The van der Waals surface area contributed by atoms with Crippen LogP contribution in [0, 0.1) is 5.92 Å². The predicted molar refractivity (Wildman–Crippen MR) is 142 cm³/mol. The smallest absolute Gasteiger partial charge is 0.259 e. The highest BCUT2D eigenvalue weighted by Crippen LogP contribution is 2.30. The lowest BCUT2D eigenvalue weighted by molar-refractivity contribution is 0.396. The second-order valence-corrected chi connectivity index (χ2v) is 9.49. The quantitative estimate of drug-likeness (QED) is 0.366. The summed E-state index contributed by atoms with van der Waals surface area (Å²) in [5.41, 5.74) is 10.8. The lowest BCUT2D eigenvalue weighted by Gasteiger charge is -2.27. The Morgan fingerprint density at radius 1 is 0.892 bits per heavy atom. The average Bonchev–Trinajstić information content (AvgIpc) is 3.41. The van der Waals surface area contributed by atoms with Crippen LogP contribution in [-0.2, 0) is 19.3 Å². The van der Waals surface area contributed by atoms with E-state index >= 15 is 0 Å². The van der Waals surface area contributed by atoms with E-state index in [9.17, 15) is 4.79 Å². The van der Waals surface area contributed by atoms with Crippen molar-refractivity contribution in [3.63, 3.8) is 0 Å². The molecule has 0 radical (unpaired) electrons. The number of nitrogens with zero attached hydrogens (tertiary/aromatic N) is 4. The maximum Gasteiger partial charge on any atom is 0.259 e. The fourth-order valence-electron chi connectivity index (χ4n) is 5.25. The molecular weight excluding hydrogens is 462 g/mol. The van der Waals surface area contributed by atoms with Crippen LogP contribution in [0.1, 0.15) is 40.7 Å². The standard InChI is InChI=1S/C30H27N5O2/c31-30-32-25-18-20(19-26-33-28(37-34-26)23-14-8-3-9-15-23)16-17-24(25)29(36)35(30)27(21-10-4-1-5-11-21)22-12-6-2-7-13-22/h1-15,20,27H,16-19H2,(H2,31,32). The fourth-order valence-corrected chi connectivity index (χ4v) is 5.25. The summed E-state index contributed by atoms with van der Waals surface area (Å²) < 4.78 is 7.12. The van der Waals surface area contributed by atoms with Gasteiger partial charge in [0.2, 0.25) is 5.95 Å². The van der Waals surface area contributed by atoms with Gasteiger partial charge in [0.1, 0.15) is 0 Å². The minimum Gasteiger partial charge on any atom is -0.369 e. The molecule has 0 fully saturated rings. The van der Waals surface area contributed by atoms with Gasteiger partial charge in [-0.3, -0.25) is 9.36 Å². The molecule has 1 aliphatic carbocycles. The molecule has 2 aromatic heterocycles. The Kier molecular flexibility index (Phi) is 6.10. The van der Waals surface area contributed by atoms with Crippen molar-refractivity contribution in [1.29, 1.82) is 0 Å². The van der Waals surface area contributed by atoms with E-state index in [-0.39, 0.29) is 23.5 Å². The van der Waals surface area contributed by atoms with Crippen molar-refractivity contribution < 1.29 is 4.52 Å². The number of benzene rings is 3. The van der Waals surface area contributed by atoms with Crippen molar-refractivity contribution in [3.05, 3.63) is 130 Å². The van der Waals surface area contributed by atoms with Gasteiger partial charge >= 0.3 is 0 Å². The normalized spacial score (nSPS) is 15.0. The second-order valence-electron chi connectivity index (χ2n) is 9.49. The first kappa shape index (κ1) is 22.9. The van der Waals surface area contributed by atoms with Crippen LogP contribution >= 0.6 is 0 Å². The van der Waals surface area contributed by atoms with Crippen molar-refractivity contribution in [3.8, 4) is 11.5 Å². The molecule has 7 nitrogen and oxygen atoms in total. The summed E-state index contributed by atoms with van der Waals surface area (Å²) in [4.78, 5) is 23.2. The van der Waals surface area contributed by atoms with E-state index < -0.39 is 0 Å². The molecule has 0 bridgehead atoms. The number of rotatable bonds is 6. The topological polar surface area (TPSA) is 99.8 Å². The summed E-state index contributed by atoms with van der Waals surface area (Å²) in [5, 5.41) is 4.19. The molecule has 0 saturated carbocycles. The number of fused-ring (bicyclic) bond motifs is 1. The second kappa shape index (κ2) is 9.85. The van der Waals surface area contributed by atoms with Crippen molar-refractivity contribution in [2.45, 2.75) is 31.7 Å². The van der Waals surface area contributed by atoms with Crippen LogP contribution in [0.3, 0.4) is 0 Å². The third-order valence-electron chi connectivity index (χ3n) is 7.06. The number of hydrogen-bond donors (Lipinski definition) is 1. The summed E-state index contributed by atoms with van der Waals surface area (Å²) in [7, 11) is 0. The van der Waals surface area contributed by atoms with Crippen LogP contribution < -0.4 is 11.3 Å². The molecule has 5 aromatic rings. The SMILES string of the molecule is Nc1nc2c(c(=O)n1C(c1ccccc1)c1ccccc1)CCC(Cc1noc(-c3ccccc3)n1)C2. The van der Waals surface area contributed by atoms with Gasteiger partial charge in [-0.1, -0.05) is 84.0 Å². The molecule has 0 aliphatic heterocycles. The highest BCUT2D eigenvalue weighted by atomic mass is 16.5. The largest absolute Gasteiger partial charge is 0.369 e. The summed E-state index contributed by atoms with van der Waals surface area (Å²) >= 11 is 0. The highest BCUT2D eigenvalue weighted by molar-refractivity contribution is 5.52. The van der Waals surface area contributed by atoms with E-state index in [1.165, 1.54) is 0 Å². The number of aromatic nitrogens is 4. The molecule has 0 spiro atoms. The molecule has 2 heterocycles. The molecule has 2 N–H and O–H groups in total. The Balaban J connectivity index is 1.29. The van der Waals surface area contributed by atoms with Crippen molar-refractivity contribution in [2.24, 2.45) is 5.92 Å². The van der Waals surface area contributed by atoms with Crippen molar-refractivity contribution >= 4 is 5.95 Å². The van der Waals surface area contributed by atoms with Crippen molar-refractivity contribution in [1.82, 2.24) is 19.7 Å². The van der Waals surface area contributed by atoms with E-state index in [4.69, 9.17) is 15.2 Å². The van der Waals surface area contributed by atoms with E-state index in [0.29, 0.717) is 31.0 Å². The Bertz CT molecular complexity index is 1520. The monoisotopic (exact) mass is 489 g/mol. The maximum absolute atomic E-state index is 13.9. The van der Waals surface area contributed by atoms with Gasteiger partial charge in [0.15, 0.2) is 5.82 Å². The summed E-state index contributed by atoms with van der Waals surface area (Å²) in [6.45, 7) is 0. The summed E-state index contributed by atoms with van der Waals surface area (Å²) in [6, 6.07) is 29.3. The molecule has 37 heavy (non-hydrogen) atoms. The van der Waals surface area contributed by atoms with Crippen LogP contribution in [0.2, 0.25) is 0 Å². The third kappa shape index (κ3) is 4.56. The first-order valence-electron chi connectivity index (χ1n) is 12.5. The zero-order chi connectivity index (χ0) is 25.2. The molecule has 6 rings (SSSR count). The van der Waals surface area contributed by atoms with Gasteiger partial charge < -0.3 is 10.3 Å². The van der Waals surface area contributed by atoms with E-state index in [0.717, 1.165) is 34.4 Å². The van der Waals surface area contributed by atoms with Crippen molar-refractivity contribution in [2.75, 3.05) is 5.73 Å². The summed E-state index contributed by atoms with van der Waals surface area (Å²) in [5.74, 6) is 1.68. The molecule has 1 aliphatic rings. The van der Waals surface area contributed by atoms with Gasteiger partial charge in [0.25, 0.3) is 11.4 Å². The molecule has 1 unspecified atom stereocenters. The number of hydrogen-bond acceptors (Lipinski definition) is 6. The van der Waals surface area contributed by atoms with Crippen LogP contribution in [0.25, 0.3) is 11.5 Å². The molecular formula is C30H27N5O2. The molecule has 0 amide bonds. The van der Waals surface area contributed by atoms with Crippen LogP contribution in [0.5, 0.6) is 0 Å². The minimum absolute atomic E-state index is 0.0652. The van der Waals surface area contributed by atoms with Crippen LogP contribution in [0.4, 0.5) is 5.95 Å². The van der Waals surface area contributed by atoms with Gasteiger partial charge in [0.05, 0.1) is 11.7 Å². The highest BCUT2D eigenvalue weighted by Gasteiger charge is 2.29. The molecule has 7 heteroatoms. The molecule has 1 atom stereocenters. The number of nitrogen functional groups attached to an aromatic ring is 1. The third-order valence-corrected chi connectivity index (χ3v) is 7.06. The zero-order valence-corrected chi connectivity index (χ0v) is 20.3. The zero-order valence-electron chi connectivity index (χ0n) is 20.3. The Morgan fingerprint density at radius 3 is 2.16 bits per heavy atom. The number of anilines is 1.